The van der Waals surface area contributed by atoms with E-state index >= 15 is 0 Å². The average Bonchev–Trinajstić information content (AvgIpc) is 2.86. The second-order valence-corrected chi connectivity index (χ2v) is 8.29. The number of nitrogens with one attached hydrogen (secondary N) is 2. The SMILES string of the molecule is O=C(CCc1nc2ccccc2n(CC(=O)Nc2ccc(F)c(Cl)c2)c1=O)NCc1ccccc1. The third-order valence-corrected chi connectivity index (χ3v) is 5.64. The predicted octanol–water partition coefficient (Wildman–Crippen LogP) is 4.08. The van der Waals surface area contributed by atoms with Crippen molar-refractivity contribution in [3.05, 3.63) is 105 Å². The van der Waals surface area contributed by atoms with Crippen LogP contribution in [0.15, 0.2) is 77.6 Å². The minimum Gasteiger partial charge on any atom is -0.352 e. The van der Waals surface area contributed by atoms with Crippen molar-refractivity contribution in [2.24, 2.45) is 0 Å². The number of rotatable bonds is 8. The van der Waals surface area contributed by atoms with Gasteiger partial charge in [0.05, 0.1) is 16.1 Å². The van der Waals surface area contributed by atoms with Gasteiger partial charge in [0.1, 0.15) is 18.1 Å². The van der Waals surface area contributed by atoms with Crippen LogP contribution in [0.5, 0.6) is 0 Å². The van der Waals surface area contributed by atoms with E-state index in [1.807, 2.05) is 30.3 Å². The van der Waals surface area contributed by atoms with Crippen LogP contribution in [-0.2, 0) is 29.1 Å². The number of aryl methyl sites for hydroxylation is 1. The number of carbonyl (C=O) groups excluding carboxylic acids is 2. The first-order chi connectivity index (χ1) is 16.9. The third-order valence-electron chi connectivity index (χ3n) is 5.35. The van der Waals surface area contributed by atoms with E-state index in [4.69, 9.17) is 11.6 Å². The van der Waals surface area contributed by atoms with Crippen LogP contribution >= 0.6 is 11.6 Å². The maximum absolute atomic E-state index is 13.4. The summed E-state index contributed by atoms with van der Waals surface area (Å²) in [5.74, 6) is -1.29. The van der Waals surface area contributed by atoms with E-state index in [1.165, 1.54) is 16.7 Å². The lowest BCUT2D eigenvalue weighted by Crippen LogP contribution is -2.32. The second kappa shape index (κ2) is 10.9. The number of hydrogen-bond donors (Lipinski definition) is 2. The zero-order chi connectivity index (χ0) is 24.8. The van der Waals surface area contributed by atoms with Gasteiger partial charge >= 0.3 is 0 Å². The molecule has 0 saturated heterocycles. The molecule has 1 aromatic heterocycles. The molecule has 2 amide bonds. The molecule has 0 aliphatic carbocycles. The minimum atomic E-state index is -0.599. The number of halogens is 2. The number of fused-ring (bicyclic) bond motifs is 1. The Balaban J connectivity index is 1.49. The predicted molar refractivity (Wildman–Crippen MR) is 133 cm³/mol. The summed E-state index contributed by atoms with van der Waals surface area (Å²) in [7, 11) is 0. The number of para-hydroxylation sites is 2. The van der Waals surface area contributed by atoms with Gasteiger partial charge in [0.25, 0.3) is 5.56 Å². The molecule has 0 unspecified atom stereocenters. The van der Waals surface area contributed by atoms with Gasteiger partial charge in [0, 0.05) is 25.1 Å². The van der Waals surface area contributed by atoms with Crippen LogP contribution in [0.4, 0.5) is 10.1 Å². The molecule has 0 bridgehead atoms. The maximum Gasteiger partial charge on any atom is 0.273 e. The molecule has 3 aromatic carbocycles. The molecule has 4 aromatic rings. The Morgan fingerprint density at radius 2 is 1.71 bits per heavy atom. The molecule has 35 heavy (non-hydrogen) atoms. The Bertz CT molecular complexity index is 1440. The topological polar surface area (TPSA) is 93.1 Å². The van der Waals surface area contributed by atoms with Gasteiger partial charge in [-0.3, -0.25) is 19.0 Å². The maximum atomic E-state index is 13.4. The smallest absolute Gasteiger partial charge is 0.273 e. The first-order valence-corrected chi connectivity index (χ1v) is 11.3. The molecule has 9 heteroatoms. The lowest BCUT2D eigenvalue weighted by molar-refractivity contribution is -0.121. The highest BCUT2D eigenvalue weighted by molar-refractivity contribution is 6.31. The number of nitrogens with zero attached hydrogens (tertiary/aromatic N) is 2. The summed E-state index contributed by atoms with van der Waals surface area (Å²) in [6.45, 7) is 0.104. The van der Waals surface area contributed by atoms with Crippen LogP contribution in [0.3, 0.4) is 0 Å². The first-order valence-electron chi connectivity index (χ1n) is 10.9. The fourth-order valence-electron chi connectivity index (χ4n) is 3.60. The average molecular weight is 493 g/mol. The van der Waals surface area contributed by atoms with Crippen LogP contribution in [0, 0.1) is 5.82 Å². The fraction of sp³-hybridized carbons (Fsp3) is 0.154. The number of amides is 2. The molecular formula is C26H22ClFN4O3. The molecule has 0 radical (unpaired) electrons. The normalized spacial score (nSPS) is 10.8. The summed E-state index contributed by atoms with van der Waals surface area (Å²) in [6.07, 6.45) is 0.202. The van der Waals surface area contributed by atoms with E-state index in [2.05, 4.69) is 15.6 Å². The molecule has 4 rings (SSSR count). The Labute approximate surface area is 205 Å². The van der Waals surface area contributed by atoms with Gasteiger partial charge < -0.3 is 10.6 Å². The van der Waals surface area contributed by atoms with Crippen LogP contribution in [0.1, 0.15) is 17.7 Å². The van der Waals surface area contributed by atoms with Crippen LogP contribution in [-0.4, -0.2) is 21.4 Å². The van der Waals surface area contributed by atoms with Crippen molar-refractivity contribution in [2.75, 3.05) is 5.32 Å². The summed E-state index contributed by atoms with van der Waals surface area (Å²) >= 11 is 5.78. The van der Waals surface area contributed by atoms with E-state index in [9.17, 15) is 18.8 Å². The van der Waals surface area contributed by atoms with Gasteiger partial charge in [-0.1, -0.05) is 54.1 Å². The molecule has 2 N–H and O–H groups in total. The van der Waals surface area contributed by atoms with Gasteiger partial charge in [-0.05, 0) is 35.9 Å². The van der Waals surface area contributed by atoms with Gasteiger partial charge in [-0.15, -0.1) is 0 Å². The second-order valence-electron chi connectivity index (χ2n) is 7.88. The number of aromatic nitrogens is 2. The standard InChI is InChI=1S/C26H22ClFN4O3/c27-19-14-18(10-11-20(19)28)30-25(34)16-32-23-9-5-4-8-21(23)31-22(26(32)35)12-13-24(33)29-15-17-6-2-1-3-7-17/h1-11,14H,12-13,15-16H2,(H,29,33)(H,30,34). The van der Waals surface area contributed by atoms with Crippen LogP contribution in [0.25, 0.3) is 11.0 Å². The molecule has 0 aliphatic rings. The number of carbonyl (C=O) groups is 2. The van der Waals surface area contributed by atoms with Crippen LogP contribution in [0.2, 0.25) is 5.02 Å². The van der Waals surface area contributed by atoms with Crippen molar-refractivity contribution in [1.82, 2.24) is 14.9 Å². The fourth-order valence-corrected chi connectivity index (χ4v) is 3.78. The lowest BCUT2D eigenvalue weighted by Gasteiger charge is -2.13. The van der Waals surface area contributed by atoms with Crippen molar-refractivity contribution in [2.45, 2.75) is 25.9 Å². The Morgan fingerprint density at radius 3 is 2.49 bits per heavy atom. The molecule has 7 nitrogen and oxygen atoms in total. The number of benzene rings is 3. The van der Waals surface area contributed by atoms with Gasteiger partial charge in [-0.2, -0.15) is 0 Å². The van der Waals surface area contributed by atoms with Crippen molar-refractivity contribution >= 4 is 40.1 Å². The van der Waals surface area contributed by atoms with Gasteiger partial charge in [0.15, 0.2) is 0 Å². The zero-order valence-corrected chi connectivity index (χ0v) is 19.4. The largest absolute Gasteiger partial charge is 0.352 e. The molecule has 0 atom stereocenters. The quantitative estimate of drug-likeness (QED) is 0.387. The van der Waals surface area contributed by atoms with Crippen LogP contribution < -0.4 is 16.2 Å². The molecular weight excluding hydrogens is 471 g/mol. The van der Waals surface area contributed by atoms with Crippen molar-refractivity contribution in [1.29, 1.82) is 0 Å². The summed E-state index contributed by atoms with van der Waals surface area (Å²) in [4.78, 5) is 42.6. The highest BCUT2D eigenvalue weighted by Gasteiger charge is 2.15. The monoisotopic (exact) mass is 492 g/mol. The Morgan fingerprint density at radius 1 is 0.971 bits per heavy atom. The first kappa shape index (κ1) is 24.1. The molecule has 0 fully saturated rings. The third kappa shape index (κ3) is 6.10. The Hall–Kier alpha value is -4.04. The van der Waals surface area contributed by atoms with Crippen molar-refractivity contribution in [3.63, 3.8) is 0 Å². The summed E-state index contributed by atoms with van der Waals surface area (Å²) in [5, 5.41) is 5.33. The van der Waals surface area contributed by atoms with E-state index in [-0.39, 0.29) is 36.0 Å². The van der Waals surface area contributed by atoms with E-state index < -0.39 is 17.3 Å². The van der Waals surface area contributed by atoms with Crippen molar-refractivity contribution < 1.29 is 14.0 Å². The summed E-state index contributed by atoms with van der Waals surface area (Å²) < 4.78 is 14.7. The van der Waals surface area contributed by atoms with Gasteiger partial charge in [-0.25, -0.2) is 9.37 Å². The van der Waals surface area contributed by atoms with E-state index in [1.54, 1.807) is 24.3 Å². The van der Waals surface area contributed by atoms with Gasteiger partial charge in [0.2, 0.25) is 11.8 Å². The molecule has 178 valence electrons. The molecule has 0 saturated carbocycles. The highest BCUT2D eigenvalue weighted by atomic mass is 35.5. The number of hydrogen-bond acceptors (Lipinski definition) is 4. The van der Waals surface area contributed by atoms with E-state index in [0.717, 1.165) is 11.6 Å². The molecule has 1 heterocycles. The molecule has 0 aliphatic heterocycles. The zero-order valence-electron chi connectivity index (χ0n) is 18.6. The highest BCUT2D eigenvalue weighted by Crippen LogP contribution is 2.19. The minimum absolute atomic E-state index is 0.0771. The lowest BCUT2D eigenvalue weighted by atomic mass is 10.2. The molecule has 0 spiro atoms. The Kier molecular flexibility index (Phi) is 7.52. The summed E-state index contributed by atoms with van der Waals surface area (Å²) in [6, 6.07) is 20.3. The van der Waals surface area contributed by atoms with Crippen molar-refractivity contribution in [3.8, 4) is 0 Å². The summed E-state index contributed by atoms with van der Waals surface area (Å²) in [5.41, 5.74) is 2.04. The van der Waals surface area contributed by atoms with E-state index in [0.29, 0.717) is 23.3 Å². The number of anilines is 1.